The molecular weight excluding hydrogens is 341 g/mol. The highest BCUT2D eigenvalue weighted by Crippen LogP contribution is 2.34. The summed E-state index contributed by atoms with van der Waals surface area (Å²) in [7, 11) is 0. The van der Waals surface area contributed by atoms with Crippen molar-refractivity contribution in [1.29, 1.82) is 0 Å². The Balaban J connectivity index is 1.45. The van der Waals surface area contributed by atoms with E-state index in [2.05, 4.69) is 5.16 Å². The number of ether oxygens (including phenoxy) is 3. The van der Waals surface area contributed by atoms with E-state index in [1.54, 1.807) is 24.3 Å². The Hall–Kier alpha value is -3.35. The lowest BCUT2D eigenvalue weighted by molar-refractivity contribution is 0.0459. The number of carbonyl (C=O) groups excluding carboxylic acids is 1. The van der Waals surface area contributed by atoms with Gasteiger partial charge in [0.2, 0.25) is 0 Å². The fourth-order valence-corrected chi connectivity index (χ4v) is 2.56. The summed E-state index contributed by atoms with van der Waals surface area (Å²) < 4.78 is 35.0. The maximum Gasteiger partial charge on any atom is 0.341 e. The number of hydrogen-bond donors (Lipinski definition) is 0. The van der Waals surface area contributed by atoms with Crippen LogP contribution >= 0.6 is 0 Å². The first kappa shape index (κ1) is 16.1. The molecule has 0 atom stereocenters. The lowest BCUT2D eigenvalue weighted by Gasteiger charge is -2.18. The Bertz CT molecular complexity index is 953. The van der Waals surface area contributed by atoms with Crippen molar-refractivity contribution in [3.63, 3.8) is 0 Å². The van der Waals surface area contributed by atoms with Crippen molar-refractivity contribution in [2.45, 2.75) is 6.61 Å². The van der Waals surface area contributed by atoms with Gasteiger partial charge in [-0.25, -0.2) is 9.18 Å². The average molecular weight is 355 g/mol. The van der Waals surface area contributed by atoms with Gasteiger partial charge in [0, 0.05) is 11.6 Å². The lowest BCUT2D eigenvalue weighted by atomic mass is 10.1. The summed E-state index contributed by atoms with van der Waals surface area (Å²) in [6.45, 7) is 0.886. The van der Waals surface area contributed by atoms with Gasteiger partial charge in [0.25, 0.3) is 0 Å². The van der Waals surface area contributed by atoms with Crippen LogP contribution in [0.3, 0.4) is 0 Å². The summed E-state index contributed by atoms with van der Waals surface area (Å²) in [4.78, 5) is 11.9. The zero-order valence-electron chi connectivity index (χ0n) is 13.6. The maximum atomic E-state index is 13.6. The molecular formula is C19H14FNO5. The van der Waals surface area contributed by atoms with Gasteiger partial charge < -0.3 is 18.7 Å². The maximum absolute atomic E-state index is 13.6. The monoisotopic (exact) mass is 355 g/mol. The van der Waals surface area contributed by atoms with Crippen LogP contribution in [0.15, 0.2) is 53.1 Å². The molecule has 7 heteroatoms. The van der Waals surface area contributed by atoms with Gasteiger partial charge >= 0.3 is 5.97 Å². The Morgan fingerprint density at radius 1 is 1.08 bits per heavy atom. The van der Waals surface area contributed by atoms with Crippen LogP contribution in [0.1, 0.15) is 16.1 Å². The highest BCUT2D eigenvalue weighted by molar-refractivity contribution is 5.89. The van der Waals surface area contributed by atoms with Crippen LogP contribution in [0, 0.1) is 5.82 Å². The quantitative estimate of drug-likeness (QED) is 0.666. The van der Waals surface area contributed by atoms with Crippen molar-refractivity contribution in [2.75, 3.05) is 13.2 Å². The second-order valence-electron chi connectivity index (χ2n) is 5.60. The molecule has 4 rings (SSSR count). The third-order valence-electron chi connectivity index (χ3n) is 3.83. The predicted octanol–water partition coefficient (Wildman–Crippen LogP) is 3.61. The van der Waals surface area contributed by atoms with Gasteiger partial charge in [0.05, 0.1) is 5.56 Å². The number of carbonyl (C=O) groups is 1. The molecule has 132 valence electrons. The molecule has 0 amide bonds. The number of aromatic nitrogens is 1. The van der Waals surface area contributed by atoms with Crippen LogP contribution in [0.4, 0.5) is 4.39 Å². The Morgan fingerprint density at radius 3 is 2.73 bits per heavy atom. The highest BCUT2D eigenvalue weighted by atomic mass is 19.1. The first-order chi connectivity index (χ1) is 12.7. The Morgan fingerprint density at radius 2 is 1.88 bits per heavy atom. The van der Waals surface area contributed by atoms with Crippen LogP contribution in [0.5, 0.6) is 11.5 Å². The zero-order chi connectivity index (χ0) is 17.9. The smallest absolute Gasteiger partial charge is 0.341 e. The lowest BCUT2D eigenvalue weighted by Crippen LogP contribution is -2.15. The molecule has 0 aliphatic carbocycles. The van der Waals surface area contributed by atoms with Crippen molar-refractivity contribution in [3.8, 4) is 22.8 Å². The number of hydrogen-bond acceptors (Lipinski definition) is 6. The minimum Gasteiger partial charge on any atom is -0.486 e. The van der Waals surface area contributed by atoms with Crippen LogP contribution in [-0.4, -0.2) is 24.3 Å². The van der Waals surface area contributed by atoms with Gasteiger partial charge in [-0.15, -0.1) is 0 Å². The van der Waals surface area contributed by atoms with E-state index in [1.807, 2.05) is 6.07 Å². The third-order valence-corrected chi connectivity index (χ3v) is 3.83. The van der Waals surface area contributed by atoms with E-state index in [4.69, 9.17) is 18.7 Å². The van der Waals surface area contributed by atoms with Gasteiger partial charge in [-0.2, -0.15) is 0 Å². The SMILES string of the molecule is O=C(OCc1cc(-c2ccc3c(c2)OCCO3)on1)c1ccccc1F. The highest BCUT2D eigenvalue weighted by Gasteiger charge is 2.16. The normalized spacial score (nSPS) is 12.7. The molecule has 0 spiro atoms. The van der Waals surface area contributed by atoms with Gasteiger partial charge in [0.1, 0.15) is 31.3 Å². The molecule has 3 aromatic rings. The molecule has 1 aliphatic heterocycles. The van der Waals surface area contributed by atoms with E-state index in [0.717, 1.165) is 5.56 Å². The van der Waals surface area contributed by atoms with Gasteiger partial charge in [-0.05, 0) is 30.3 Å². The number of rotatable bonds is 4. The zero-order valence-corrected chi connectivity index (χ0v) is 13.6. The minimum absolute atomic E-state index is 0.122. The molecule has 0 fully saturated rings. The molecule has 2 aromatic carbocycles. The van der Waals surface area contributed by atoms with Crippen LogP contribution in [0.2, 0.25) is 0 Å². The van der Waals surface area contributed by atoms with Crippen molar-refractivity contribution >= 4 is 5.97 Å². The summed E-state index contributed by atoms with van der Waals surface area (Å²) in [6.07, 6.45) is 0. The third kappa shape index (κ3) is 3.23. The van der Waals surface area contributed by atoms with Gasteiger partial charge in [-0.3, -0.25) is 0 Å². The summed E-state index contributed by atoms with van der Waals surface area (Å²) in [6, 6.07) is 12.7. The molecule has 0 N–H and O–H groups in total. The Kier molecular flexibility index (Phi) is 4.27. The number of fused-ring (bicyclic) bond motifs is 1. The van der Waals surface area contributed by atoms with Crippen molar-refractivity contribution in [3.05, 3.63) is 65.6 Å². The fourth-order valence-electron chi connectivity index (χ4n) is 2.56. The molecule has 0 saturated heterocycles. The Labute approximate surface area is 148 Å². The standard InChI is InChI=1S/C19H14FNO5/c20-15-4-2-1-3-14(15)19(22)25-11-13-10-17(26-21-13)12-5-6-16-18(9-12)24-8-7-23-16/h1-6,9-10H,7-8,11H2. The van der Waals surface area contributed by atoms with E-state index >= 15 is 0 Å². The van der Waals surface area contributed by atoms with E-state index in [-0.39, 0.29) is 12.2 Å². The predicted molar refractivity (Wildman–Crippen MR) is 88.4 cm³/mol. The van der Waals surface area contributed by atoms with Gasteiger partial charge in [0.15, 0.2) is 17.3 Å². The number of halogens is 1. The first-order valence-electron chi connectivity index (χ1n) is 7.98. The van der Waals surface area contributed by atoms with Crippen LogP contribution < -0.4 is 9.47 Å². The summed E-state index contributed by atoms with van der Waals surface area (Å²) in [5.41, 5.74) is 1.05. The van der Waals surface area contributed by atoms with E-state index in [1.165, 1.54) is 18.2 Å². The molecule has 0 unspecified atom stereocenters. The molecule has 1 aliphatic rings. The van der Waals surface area contributed by atoms with E-state index in [9.17, 15) is 9.18 Å². The van der Waals surface area contributed by atoms with E-state index in [0.29, 0.717) is 36.2 Å². The molecule has 0 saturated carbocycles. The molecule has 1 aromatic heterocycles. The van der Waals surface area contributed by atoms with Crippen molar-refractivity contribution < 1.29 is 27.9 Å². The first-order valence-corrected chi connectivity index (χ1v) is 7.98. The number of esters is 1. The van der Waals surface area contributed by atoms with Crippen LogP contribution in [-0.2, 0) is 11.3 Å². The number of nitrogens with zero attached hydrogens (tertiary/aromatic N) is 1. The minimum atomic E-state index is -0.757. The van der Waals surface area contributed by atoms with Crippen molar-refractivity contribution in [1.82, 2.24) is 5.16 Å². The fraction of sp³-hybridized carbons (Fsp3) is 0.158. The molecule has 2 heterocycles. The van der Waals surface area contributed by atoms with Crippen molar-refractivity contribution in [2.24, 2.45) is 0 Å². The molecule has 26 heavy (non-hydrogen) atoms. The summed E-state index contributed by atoms with van der Waals surface area (Å²) >= 11 is 0. The number of benzene rings is 2. The molecule has 0 radical (unpaired) electrons. The molecule has 6 nitrogen and oxygen atoms in total. The van der Waals surface area contributed by atoms with Gasteiger partial charge in [-0.1, -0.05) is 17.3 Å². The van der Waals surface area contributed by atoms with E-state index < -0.39 is 11.8 Å². The second-order valence-corrected chi connectivity index (χ2v) is 5.60. The van der Waals surface area contributed by atoms with Crippen LogP contribution in [0.25, 0.3) is 11.3 Å². The largest absolute Gasteiger partial charge is 0.486 e. The average Bonchev–Trinajstić information content (AvgIpc) is 3.15. The topological polar surface area (TPSA) is 70.8 Å². The molecule has 0 bridgehead atoms. The summed E-state index contributed by atoms with van der Waals surface area (Å²) in [5.74, 6) is 0.428. The second kappa shape index (κ2) is 6.87. The summed E-state index contributed by atoms with van der Waals surface area (Å²) in [5, 5.41) is 3.87.